The molecule has 1 fully saturated rings. The van der Waals surface area contributed by atoms with Crippen LogP contribution in [-0.4, -0.2) is 41.9 Å². The van der Waals surface area contributed by atoms with E-state index in [1.165, 1.54) is 4.90 Å². The van der Waals surface area contributed by atoms with Crippen molar-refractivity contribution in [2.24, 2.45) is 0 Å². The molecule has 5 heteroatoms. The molecule has 0 aliphatic carbocycles. The fourth-order valence-electron chi connectivity index (χ4n) is 1.50. The van der Waals surface area contributed by atoms with Gasteiger partial charge in [-0.25, -0.2) is 4.79 Å². The van der Waals surface area contributed by atoms with Crippen LogP contribution in [-0.2, 0) is 9.47 Å². The summed E-state index contributed by atoms with van der Waals surface area (Å²) < 4.78 is 10.6. The van der Waals surface area contributed by atoms with E-state index in [0.29, 0.717) is 6.54 Å². The molecule has 5 nitrogen and oxygen atoms in total. The molecule has 1 aliphatic rings. The standard InChI is InChI=1S/C11H18N2O3/c1-8-6-13(7-9(5-12)15-8)10(14)16-11(2,3)4/h8-9H,6-7H2,1-4H3/t8-,9+/m0/s1. The maximum atomic E-state index is 11.8. The highest BCUT2D eigenvalue weighted by molar-refractivity contribution is 5.68. The molecule has 90 valence electrons. The van der Waals surface area contributed by atoms with Crippen molar-refractivity contribution in [1.29, 1.82) is 5.26 Å². The molecule has 0 saturated carbocycles. The lowest BCUT2D eigenvalue weighted by atomic mass is 10.2. The zero-order valence-electron chi connectivity index (χ0n) is 10.2. The van der Waals surface area contributed by atoms with Gasteiger partial charge in [0.1, 0.15) is 5.60 Å². The first kappa shape index (κ1) is 12.8. The molecular weight excluding hydrogens is 208 g/mol. The lowest BCUT2D eigenvalue weighted by molar-refractivity contribution is -0.0592. The summed E-state index contributed by atoms with van der Waals surface area (Å²) in [5, 5.41) is 8.79. The summed E-state index contributed by atoms with van der Waals surface area (Å²) in [4.78, 5) is 13.3. The molecule has 1 saturated heterocycles. The third-order valence-electron chi connectivity index (χ3n) is 2.06. The van der Waals surface area contributed by atoms with Crippen molar-refractivity contribution in [3.63, 3.8) is 0 Å². The number of carbonyl (C=O) groups is 1. The highest BCUT2D eigenvalue weighted by Gasteiger charge is 2.31. The van der Waals surface area contributed by atoms with E-state index < -0.39 is 11.7 Å². The lowest BCUT2D eigenvalue weighted by Gasteiger charge is -2.34. The van der Waals surface area contributed by atoms with Crippen LogP contribution in [0.4, 0.5) is 4.79 Å². The number of carbonyl (C=O) groups excluding carboxylic acids is 1. The molecule has 0 aromatic rings. The summed E-state index contributed by atoms with van der Waals surface area (Å²) in [6, 6.07) is 2.01. The Hall–Kier alpha value is -1.28. The van der Waals surface area contributed by atoms with Gasteiger partial charge in [0.05, 0.1) is 25.3 Å². The van der Waals surface area contributed by atoms with Crippen LogP contribution < -0.4 is 0 Å². The van der Waals surface area contributed by atoms with Gasteiger partial charge in [-0.2, -0.15) is 5.26 Å². The molecule has 0 bridgehead atoms. The van der Waals surface area contributed by atoms with E-state index in [1.54, 1.807) is 0 Å². The van der Waals surface area contributed by atoms with E-state index in [0.717, 1.165) is 0 Å². The smallest absolute Gasteiger partial charge is 0.410 e. The van der Waals surface area contributed by atoms with Crippen LogP contribution in [0.5, 0.6) is 0 Å². The van der Waals surface area contributed by atoms with E-state index in [2.05, 4.69) is 0 Å². The van der Waals surface area contributed by atoms with Gasteiger partial charge in [-0.1, -0.05) is 0 Å². The second-order valence-electron chi connectivity index (χ2n) is 4.95. The molecule has 1 aliphatic heterocycles. The third-order valence-corrected chi connectivity index (χ3v) is 2.06. The number of hydrogen-bond donors (Lipinski definition) is 0. The van der Waals surface area contributed by atoms with E-state index in [1.807, 2.05) is 33.8 Å². The summed E-state index contributed by atoms with van der Waals surface area (Å²) in [7, 11) is 0. The van der Waals surface area contributed by atoms with Crippen molar-refractivity contribution >= 4 is 6.09 Å². The molecule has 0 radical (unpaired) electrons. The summed E-state index contributed by atoms with van der Waals surface area (Å²) in [5.74, 6) is 0. The fourth-order valence-corrected chi connectivity index (χ4v) is 1.50. The van der Waals surface area contributed by atoms with E-state index in [9.17, 15) is 4.79 Å². The second-order valence-corrected chi connectivity index (χ2v) is 4.95. The average molecular weight is 226 g/mol. The van der Waals surface area contributed by atoms with Gasteiger partial charge in [0.2, 0.25) is 0 Å². The molecule has 2 atom stereocenters. The maximum Gasteiger partial charge on any atom is 0.410 e. The van der Waals surface area contributed by atoms with Gasteiger partial charge < -0.3 is 14.4 Å². The number of ether oxygens (including phenoxy) is 2. The minimum atomic E-state index is -0.559. The fraction of sp³-hybridized carbons (Fsp3) is 0.818. The Balaban J connectivity index is 2.59. The van der Waals surface area contributed by atoms with E-state index >= 15 is 0 Å². The van der Waals surface area contributed by atoms with Crippen LogP contribution >= 0.6 is 0 Å². The third kappa shape index (κ3) is 3.70. The highest BCUT2D eigenvalue weighted by Crippen LogP contribution is 2.15. The predicted molar refractivity (Wildman–Crippen MR) is 57.8 cm³/mol. The first-order valence-corrected chi connectivity index (χ1v) is 5.35. The minimum absolute atomic E-state index is 0.133. The minimum Gasteiger partial charge on any atom is -0.444 e. The van der Waals surface area contributed by atoms with Crippen molar-refractivity contribution in [3.8, 4) is 6.07 Å². The number of amides is 1. The van der Waals surface area contributed by atoms with Crippen molar-refractivity contribution in [3.05, 3.63) is 0 Å². The van der Waals surface area contributed by atoms with Crippen LogP contribution in [0.25, 0.3) is 0 Å². The highest BCUT2D eigenvalue weighted by atomic mass is 16.6. The monoisotopic (exact) mass is 226 g/mol. The molecule has 0 aromatic carbocycles. The van der Waals surface area contributed by atoms with Crippen LogP contribution in [0.15, 0.2) is 0 Å². The van der Waals surface area contributed by atoms with Gasteiger partial charge in [-0.15, -0.1) is 0 Å². The zero-order chi connectivity index (χ0) is 12.3. The number of rotatable bonds is 0. The number of morpholine rings is 1. The Morgan fingerprint density at radius 1 is 1.50 bits per heavy atom. The van der Waals surface area contributed by atoms with Gasteiger partial charge >= 0.3 is 6.09 Å². The molecule has 1 heterocycles. The van der Waals surface area contributed by atoms with Crippen LogP contribution in [0.1, 0.15) is 27.7 Å². The quantitative estimate of drug-likeness (QED) is 0.628. The van der Waals surface area contributed by atoms with Crippen LogP contribution in [0.3, 0.4) is 0 Å². The summed E-state index contributed by atoms with van der Waals surface area (Å²) >= 11 is 0. The van der Waals surface area contributed by atoms with E-state index in [-0.39, 0.29) is 18.7 Å². The first-order chi connectivity index (χ1) is 7.31. The first-order valence-electron chi connectivity index (χ1n) is 5.35. The second kappa shape index (κ2) is 4.71. The Morgan fingerprint density at radius 3 is 2.62 bits per heavy atom. The number of hydrogen-bond acceptors (Lipinski definition) is 4. The Kier molecular flexibility index (Phi) is 3.76. The SMILES string of the molecule is C[C@H]1CN(C(=O)OC(C)(C)C)C[C@@H](C#N)O1. The van der Waals surface area contributed by atoms with Crippen LogP contribution in [0.2, 0.25) is 0 Å². The topological polar surface area (TPSA) is 62.6 Å². The molecule has 1 rings (SSSR count). The lowest BCUT2D eigenvalue weighted by Crippen LogP contribution is -2.50. The predicted octanol–water partition coefficient (Wildman–Crippen LogP) is 1.53. The molecule has 1 amide bonds. The summed E-state index contributed by atoms with van der Waals surface area (Å²) in [6.45, 7) is 8.02. The summed E-state index contributed by atoms with van der Waals surface area (Å²) in [6.07, 6.45) is -1.08. The average Bonchev–Trinajstić information content (AvgIpc) is 2.14. The molecular formula is C11H18N2O3. The van der Waals surface area contributed by atoms with Gasteiger partial charge in [0.15, 0.2) is 6.10 Å². The normalized spacial score (nSPS) is 26.1. The Morgan fingerprint density at radius 2 is 2.12 bits per heavy atom. The van der Waals surface area contributed by atoms with Gasteiger partial charge in [-0.05, 0) is 27.7 Å². The van der Waals surface area contributed by atoms with Gasteiger partial charge in [0.25, 0.3) is 0 Å². The van der Waals surface area contributed by atoms with Crippen LogP contribution in [0, 0.1) is 11.3 Å². The molecule has 0 N–H and O–H groups in total. The molecule has 0 aromatic heterocycles. The van der Waals surface area contributed by atoms with Crippen molar-refractivity contribution < 1.29 is 14.3 Å². The largest absolute Gasteiger partial charge is 0.444 e. The zero-order valence-corrected chi connectivity index (χ0v) is 10.2. The number of nitrogens with zero attached hydrogens (tertiary/aromatic N) is 2. The van der Waals surface area contributed by atoms with Crippen molar-refractivity contribution in [2.75, 3.05) is 13.1 Å². The van der Waals surface area contributed by atoms with E-state index in [4.69, 9.17) is 14.7 Å². The molecule has 0 unspecified atom stereocenters. The Labute approximate surface area is 95.9 Å². The molecule has 0 spiro atoms. The van der Waals surface area contributed by atoms with Gasteiger partial charge in [0, 0.05) is 0 Å². The number of nitriles is 1. The summed E-state index contributed by atoms with van der Waals surface area (Å²) in [5.41, 5.74) is -0.513. The van der Waals surface area contributed by atoms with Crippen molar-refractivity contribution in [1.82, 2.24) is 4.90 Å². The van der Waals surface area contributed by atoms with Gasteiger partial charge in [-0.3, -0.25) is 0 Å². The maximum absolute atomic E-state index is 11.8. The van der Waals surface area contributed by atoms with Crippen molar-refractivity contribution in [2.45, 2.75) is 45.5 Å². The molecule has 16 heavy (non-hydrogen) atoms. The Bertz CT molecular complexity index is 303.